The SMILES string of the molecule is COC(=O)C(C)CN(Cc1ccccc1Cl)C(=O)CCC1CCCCC1. The molecule has 0 N–H and O–H groups in total. The lowest BCUT2D eigenvalue weighted by Gasteiger charge is -2.27. The molecule has 5 heteroatoms. The fourth-order valence-electron chi connectivity index (χ4n) is 3.65. The highest BCUT2D eigenvalue weighted by atomic mass is 35.5. The molecule has 26 heavy (non-hydrogen) atoms. The Morgan fingerprint density at radius 3 is 2.58 bits per heavy atom. The van der Waals surface area contributed by atoms with Crippen molar-refractivity contribution in [1.29, 1.82) is 0 Å². The summed E-state index contributed by atoms with van der Waals surface area (Å²) in [6.45, 7) is 2.56. The van der Waals surface area contributed by atoms with E-state index in [0.29, 0.717) is 30.5 Å². The molecule has 0 heterocycles. The van der Waals surface area contributed by atoms with E-state index in [2.05, 4.69) is 0 Å². The lowest BCUT2D eigenvalue weighted by molar-refractivity contribution is -0.146. The molecule has 1 atom stereocenters. The minimum Gasteiger partial charge on any atom is -0.469 e. The van der Waals surface area contributed by atoms with Crippen molar-refractivity contribution < 1.29 is 14.3 Å². The van der Waals surface area contributed by atoms with Gasteiger partial charge in [-0.15, -0.1) is 0 Å². The van der Waals surface area contributed by atoms with Gasteiger partial charge < -0.3 is 9.64 Å². The Morgan fingerprint density at radius 1 is 1.23 bits per heavy atom. The third-order valence-electron chi connectivity index (χ3n) is 5.26. The predicted octanol–water partition coefficient (Wildman–Crippen LogP) is 4.84. The molecule has 0 spiro atoms. The Morgan fingerprint density at radius 2 is 1.92 bits per heavy atom. The Hall–Kier alpha value is -1.55. The maximum Gasteiger partial charge on any atom is 0.310 e. The van der Waals surface area contributed by atoms with Gasteiger partial charge >= 0.3 is 5.97 Å². The highest BCUT2D eigenvalue weighted by Gasteiger charge is 2.23. The van der Waals surface area contributed by atoms with Gasteiger partial charge in [0.1, 0.15) is 0 Å². The summed E-state index contributed by atoms with van der Waals surface area (Å²) in [5.74, 6) is 0.0921. The molecule has 4 nitrogen and oxygen atoms in total. The first-order chi connectivity index (χ1) is 12.5. The fraction of sp³-hybridized carbons (Fsp3) is 0.619. The van der Waals surface area contributed by atoms with Gasteiger partial charge in [-0.05, 0) is 24.0 Å². The van der Waals surface area contributed by atoms with Crippen LogP contribution in [-0.4, -0.2) is 30.4 Å². The third-order valence-corrected chi connectivity index (χ3v) is 5.63. The second kappa shape index (κ2) is 10.6. The van der Waals surface area contributed by atoms with Crippen molar-refractivity contribution in [2.75, 3.05) is 13.7 Å². The molecule has 1 amide bonds. The summed E-state index contributed by atoms with van der Waals surface area (Å²) in [6.07, 6.45) is 7.81. The van der Waals surface area contributed by atoms with Crippen molar-refractivity contribution in [1.82, 2.24) is 4.90 Å². The van der Waals surface area contributed by atoms with Crippen LogP contribution in [0, 0.1) is 11.8 Å². The van der Waals surface area contributed by atoms with E-state index >= 15 is 0 Å². The van der Waals surface area contributed by atoms with Gasteiger partial charge in [0.25, 0.3) is 0 Å². The number of hydrogen-bond acceptors (Lipinski definition) is 3. The topological polar surface area (TPSA) is 46.6 Å². The zero-order valence-corrected chi connectivity index (χ0v) is 16.6. The number of amides is 1. The van der Waals surface area contributed by atoms with Crippen LogP contribution < -0.4 is 0 Å². The molecular weight excluding hydrogens is 350 g/mol. The quantitative estimate of drug-likeness (QED) is 0.607. The van der Waals surface area contributed by atoms with E-state index in [4.69, 9.17) is 16.3 Å². The molecule has 0 aliphatic heterocycles. The number of benzene rings is 1. The zero-order chi connectivity index (χ0) is 18.9. The zero-order valence-electron chi connectivity index (χ0n) is 15.9. The number of methoxy groups -OCH3 is 1. The van der Waals surface area contributed by atoms with Crippen LogP contribution in [0.5, 0.6) is 0 Å². The molecule has 1 fully saturated rings. The van der Waals surface area contributed by atoms with E-state index < -0.39 is 0 Å². The van der Waals surface area contributed by atoms with Crippen LogP contribution in [0.2, 0.25) is 5.02 Å². The largest absolute Gasteiger partial charge is 0.469 e. The number of halogens is 1. The Balaban J connectivity index is 2.01. The number of carbonyl (C=O) groups is 2. The lowest BCUT2D eigenvalue weighted by atomic mass is 9.86. The first-order valence-electron chi connectivity index (χ1n) is 9.60. The summed E-state index contributed by atoms with van der Waals surface area (Å²) < 4.78 is 4.82. The Kier molecular flexibility index (Phi) is 8.43. The van der Waals surface area contributed by atoms with Crippen molar-refractivity contribution >= 4 is 23.5 Å². The monoisotopic (exact) mass is 379 g/mol. The van der Waals surface area contributed by atoms with E-state index in [9.17, 15) is 9.59 Å². The molecule has 2 rings (SSSR count). The molecule has 1 unspecified atom stereocenters. The molecule has 1 aromatic rings. The molecule has 0 saturated heterocycles. The Bertz CT molecular complexity index is 599. The Labute approximate surface area is 161 Å². The summed E-state index contributed by atoms with van der Waals surface area (Å²) >= 11 is 6.27. The first kappa shape index (κ1) is 20.8. The normalized spacial score (nSPS) is 16.1. The van der Waals surface area contributed by atoms with Crippen molar-refractivity contribution in [3.05, 3.63) is 34.9 Å². The van der Waals surface area contributed by atoms with E-state index in [1.165, 1.54) is 39.2 Å². The van der Waals surface area contributed by atoms with Gasteiger partial charge in [-0.1, -0.05) is 68.8 Å². The van der Waals surface area contributed by atoms with Gasteiger partial charge in [-0.2, -0.15) is 0 Å². The average Bonchev–Trinajstić information content (AvgIpc) is 2.67. The molecule has 144 valence electrons. The maximum atomic E-state index is 12.9. The summed E-state index contributed by atoms with van der Waals surface area (Å²) in [7, 11) is 1.38. The van der Waals surface area contributed by atoms with Crippen LogP contribution in [0.1, 0.15) is 57.4 Å². The second-order valence-electron chi connectivity index (χ2n) is 7.33. The molecule has 0 bridgehead atoms. The first-order valence-corrected chi connectivity index (χ1v) is 9.98. The van der Waals surface area contributed by atoms with E-state index in [1.54, 1.807) is 11.8 Å². The van der Waals surface area contributed by atoms with Crippen LogP contribution in [0.3, 0.4) is 0 Å². The van der Waals surface area contributed by atoms with Crippen LogP contribution in [0.25, 0.3) is 0 Å². The molecular formula is C21H30ClNO3. The second-order valence-corrected chi connectivity index (χ2v) is 7.74. The van der Waals surface area contributed by atoms with Crippen molar-refractivity contribution in [3.63, 3.8) is 0 Å². The van der Waals surface area contributed by atoms with E-state index in [-0.39, 0.29) is 17.8 Å². The van der Waals surface area contributed by atoms with Crippen LogP contribution in [0.4, 0.5) is 0 Å². The van der Waals surface area contributed by atoms with Crippen molar-refractivity contribution in [2.24, 2.45) is 11.8 Å². The number of hydrogen-bond donors (Lipinski definition) is 0. The number of carbonyl (C=O) groups excluding carboxylic acids is 2. The van der Waals surface area contributed by atoms with Crippen molar-refractivity contribution in [2.45, 2.75) is 58.4 Å². The minimum atomic E-state index is -0.360. The maximum absolute atomic E-state index is 12.9. The number of ether oxygens (including phenoxy) is 1. The van der Waals surface area contributed by atoms with Crippen LogP contribution in [0.15, 0.2) is 24.3 Å². The van der Waals surface area contributed by atoms with Crippen molar-refractivity contribution in [3.8, 4) is 0 Å². The summed E-state index contributed by atoms with van der Waals surface area (Å²) in [6, 6.07) is 7.53. The number of rotatable bonds is 8. The van der Waals surface area contributed by atoms with Gasteiger partial charge in [-0.25, -0.2) is 0 Å². The summed E-state index contributed by atoms with van der Waals surface area (Å²) in [4.78, 5) is 26.4. The lowest BCUT2D eigenvalue weighted by Crippen LogP contribution is -2.37. The predicted molar refractivity (Wildman–Crippen MR) is 104 cm³/mol. The molecule has 1 aromatic carbocycles. The fourth-order valence-corrected chi connectivity index (χ4v) is 3.85. The third kappa shape index (κ3) is 6.31. The van der Waals surface area contributed by atoms with Gasteiger partial charge in [0.2, 0.25) is 5.91 Å². The highest BCUT2D eigenvalue weighted by molar-refractivity contribution is 6.31. The van der Waals surface area contributed by atoms with Crippen LogP contribution in [-0.2, 0) is 20.9 Å². The van der Waals surface area contributed by atoms with E-state index in [1.807, 2.05) is 24.3 Å². The minimum absolute atomic E-state index is 0.0891. The van der Waals surface area contributed by atoms with Crippen LogP contribution >= 0.6 is 11.6 Å². The average molecular weight is 380 g/mol. The molecule has 1 aliphatic rings. The number of nitrogens with zero attached hydrogens (tertiary/aromatic N) is 1. The van der Waals surface area contributed by atoms with Gasteiger partial charge in [0.15, 0.2) is 0 Å². The molecule has 1 saturated carbocycles. The van der Waals surface area contributed by atoms with E-state index in [0.717, 1.165) is 12.0 Å². The van der Waals surface area contributed by atoms with Gasteiger partial charge in [-0.3, -0.25) is 9.59 Å². The molecule has 0 radical (unpaired) electrons. The van der Waals surface area contributed by atoms with Gasteiger partial charge in [0, 0.05) is 24.5 Å². The molecule has 1 aliphatic carbocycles. The highest BCUT2D eigenvalue weighted by Crippen LogP contribution is 2.28. The molecule has 0 aromatic heterocycles. The smallest absolute Gasteiger partial charge is 0.310 e. The standard InChI is InChI=1S/C21H30ClNO3/c1-16(21(25)26-2)14-23(15-18-10-6-7-11-19(18)22)20(24)13-12-17-8-4-3-5-9-17/h6-7,10-11,16-17H,3-5,8-9,12-15H2,1-2H3. The van der Waals surface area contributed by atoms with Gasteiger partial charge in [0.05, 0.1) is 13.0 Å². The summed E-state index contributed by atoms with van der Waals surface area (Å²) in [5.41, 5.74) is 0.900. The number of esters is 1. The summed E-state index contributed by atoms with van der Waals surface area (Å²) in [5, 5.41) is 0.642.